The van der Waals surface area contributed by atoms with Crippen LogP contribution in [-0.2, 0) is 32.3 Å². The molecule has 0 spiro atoms. The van der Waals surface area contributed by atoms with Crippen LogP contribution in [0.4, 0.5) is 18.9 Å². The van der Waals surface area contributed by atoms with Crippen molar-refractivity contribution in [2.45, 2.75) is 63.8 Å². The molecule has 2 aromatic rings. The molecule has 1 aliphatic rings. The second kappa shape index (κ2) is 12.4. The minimum absolute atomic E-state index is 0.0144. The number of rotatable bonds is 9. The Labute approximate surface area is 226 Å². The molecule has 1 saturated carbocycles. The van der Waals surface area contributed by atoms with Gasteiger partial charge < -0.3 is 10.2 Å². The first kappa shape index (κ1) is 29.8. The zero-order valence-electron chi connectivity index (χ0n) is 21.2. The van der Waals surface area contributed by atoms with Gasteiger partial charge >= 0.3 is 6.18 Å². The molecule has 1 unspecified atom stereocenters. The van der Waals surface area contributed by atoms with E-state index in [4.69, 9.17) is 11.6 Å². The highest BCUT2D eigenvalue weighted by molar-refractivity contribution is 7.92. The summed E-state index contributed by atoms with van der Waals surface area (Å²) in [6, 6.07) is 9.41. The lowest BCUT2D eigenvalue weighted by atomic mass is 9.95. The number of amides is 2. The molecule has 7 nitrogen and oxygen atoms in total. The molecule has 1 fully saturated rings. The van der Waals surface area contributed by atoms with Gasteiger partial charge in [-0.3, -0.25) is 13.9 Å². The maximum Gasteiger partial charge on any atom is 0.416 e. The van der Waals surface area contributed by atoms with Gasteiger partial charge in [0.15, 0.2) is 0 Å². The summed E-state index contributed by atoms with van der Waals surface area (Å²) >= 11 is 6.09. The van der Waals surface area contributed by atoms with E-state index in [1.54, 1.807) is 24.3 Å². The van der Waals surface area contributed by atoms with E-state index in [1.807, 2.05) is 0 Å². The van der Waals surface area contributed by atoms with Gasteiger partial charge in [0.05, 0.1) is 17.5 Å². The average Bonchev–Trinajstić information content (AvgIpc) is 2.85. The van der Waals surface area contributed by atoms with Crippen LogP contribution in [-0.4, -0.2) is 50.0 Å². The average molecular weight is 574 g/mol. The smallest absolute Gasteiger partial charge is 0.352 e. The number of anilines is 1. The van der Waals surface area contributed by atoms with Crippen molar-refractivity contribution in [1.82, 2.24) is 10.2 Å². The molecule has 0 aliphatic heterocycles. The topological polar surface area (TPSA) is 86.8 Å². The number of sulfonamides is 1. The van der Waals surface area contributed by atoms with Crippen molar-refractivity contribution in [3.05, 3.63) is 64.7 Å². The van der Waals surface area contributed by atoms with Crippen LogP contribution in [0.1, 0.15) is 50.2 Å². The van der Waals surface area contributed by atoms with Gasteiger partial charge in [-0.2, -0.15) is 13.2 Å². The normalized spacial score (nSPS) is 15.5. The standard InChI is InChI=1S/C26H31ClF3N3O4S/c1-18(25(35)31-22-11-4-3-5-12-22)32(16-19-8-6-10-21(27)14-19)24(34)17-33(38(2,36)37)23-13-7-9-20(15-23)26(28,29)30/h6-10,13-15,18,22H,3-5,11-12,16-17H2,1-2H3,(H,31,35). The molecule has 208 valence electrons. The van der Waals surface area contributed by atoms with Crippen LogP contribution in [0.25, 0.3) is 0 Å². The van der Waals surface area contributed by atoms with Crippen LogP contribution < -0.4 is 9.62 Å². The van der Waals surface area contributed by atoms with Gasteiger partial charge in [-0.05, 0) is 55.7 Å². The maximum atomic E-state index is 13.6. The van der Waals surface area contributed by atoms with Crippen LogP contribution in [0.3, 0.4) is 0 Å². The summed E-state index contributed by atoms with van der Waals surface area (Å²) in [7, 11) is -4.16. The van der Waals surface area contributed by atoms with E-state index in [2.05, 4.69) is 5.32 Å². The lowest BCUT2D eigenvalue weighted by Crippen LogP contribution is -2.53. The highest BCUT2D eigenvalue weighted by atomic mass is 35.5. The number of alkyl halides is 3. The molecule has 0 bridgehead atoms. The van der Waals surface area contributed by atoms with E-state index in [0.29, 0.717) is 21.0 Å². The summed E-state index contributed by atoms with van der Waals surface area (Å²) in [6.45, 7) is 0.691. The molecule has 0 saturated heterocycles. The zero-order valence-corrected chi connectivity index (χ0v) is 22.7. The van der Waals surface area contributed by atoms with Gasteiger partial charge in [0.25, 0.3) is 0 Å². The zero-order chi connectivity index (χ0) is 28.1. The van der Waals surface area contributed by atoms with Gasteiger partial charge in [-0.25, -0.2) is 8.42 Å². The Hall–Kier alpha value is -2.79. The lowest BCUT2D eigenvalue weighted by Gasteiger charge is -2.33. The fourth-order valence-electron chi connectivity index (χ4n) is 4.43. The van der Waals surface area contributed by atoms with Crippen molar-refractivity contribution in [2.75, 3.05) is 17.1 Å². The highest BCUT2D eigenvalue weighted by Gasteiger charge is 2.34. The predicted octanol–water partition coefficient (Wildman–Crippen LogP) is 4.99. The van der Waals surface area contributed by atoms with Gasteiger partial charge in [-0.1, -0.05) is 49.1 Å². The highest BCUT2D eigenvalue weighted by Crippen LogP contribution is 2.32. The van der Waals surface area contributed by atoms with Crippen molar-refractivity contribution in [2.24, 2.45) is 0 Å². The molecule has 3 rings (SSSR count). The Morgan fingerprint density at radius 1 is 1.08 bits per heavy atom. The summed E-state index contributed by atoms with van der Waals surface area (Å²) in [5.41, 5.74) is -0.752. The third kappa shape index (κ3) is 8.10. The minimum atomic E-state index is -4.70. The van der Waals surface area contributed by atoms with Gasteiger partial charge in [0, 0.05) is 17.6 Å². The van der Waals surface area contributed by atoms with Crippen molar-refractivity contribution < 1.29 is 31.2 Å². The van der Waals surface area contributed by atoms with Gasteiger partial charge in [0.1, 0.15) is 12.6 Å². The van der Waals surface area contributed by atoms with Crippen LogP contribution in [0.5, 0.6) is 0 Å². The third-order valence-corrected chi connectivity index (χ3v) is 7.88. The molecule has 38 heavy (non-hydrogen) atoms. The number of carbonyl (C=O) groups excluding carboxylic acids is 2. The SMILES string of the molecule is CC(C(=O)NC1CCCCC1)N(Cc1cccc(Cl)c1)C(=O)CN(c1cccc(C(F)(F)F)c1)S(C)(=O)=O. The molecule has 0 heterocycles. The lowest BCUT2D eigenvalue weighted by molar-refractivity contribution is -0.139. The second-order valence-electron chi connectivity index (χ2n) is 9.49. The Kier molecular flexibility index (Phi) is 9.69. The molecule has 0 aromatic heterocycles. The van der Waals surface area contributed by atoms with Crippen LogP contribution in [0.15, 0.2) is 48.5 Å². The van der Waals surface area contributed by atoms with Crippen LogP contribution >= 0.6 is 11.6 Å². The van der Waals surface area contributed by atoms with Crippen molar-refractivity contribution in [3.63, 3.8) is 0 Å². The first-order valence-electron chi connectivity index (χ1n) is 12.2. The number of nitrogens with zero attached hydrogens (tertiary/aromatic N) is 2. The Morgan fingerprint density at radius 2 is 1.74 bits per heavy atom. The molecule has 12 heteroatoms. The largest absolute Gasteiger partial charge is 0.416 e. The second-order valence-corrected chi connectivity index (χ2v) is 11.8. The number of carbonyl (C=O) groups is 2. The fraction of sp³-hybridized carbons (Fsp3) is 0.462. The first-order chi connectivity index (χ1) is 17.8. The van der Waals surface area contributed by atoms with Crippen molar-refractivity contribution in [3.8, 4) is 0 Å². The summed E-state index contributed by atoms with van der Waals surface area (Å²) in [5, 5.41) is 3.39. The molecular weight excluding hydrogens is 543 g/mol. The van der Waals surface area contributed by atoms with Crippen LogP contribution in [0, 0.1) is 0 Å². The van der Waals surface area contributed by atoms with E-state index in [9.17, 15) is 31.2 Å². The van der Waals surface area contributed by atoms with E-state index < -0.39 is 46.2 Å². The summed E-state index contributed by atoms with van der Waals surface area (Å²) in [4.78, 5) is 27.9. The van der Waals surface area contributed by atoms with E-state index in [0.717, 1.165) is 50.5 Å². The Bertz CT molecular complexity index is 1250. The number of hydrogen-bond donors (Lipinski definition) is 1. The Morgan fingerprint density at radius 3 is 2.34 bits per heavy atom. The molecule has 0 radical (unpaired) electrons. The summed E-state index contributed by atoms with van der Waals surface area (Å²) < 4.78 is 65.7. The molecule has 1 aliphatic carbocycles. The first-order valence-corrected chi connectivity index (χ1v) is 14.5. The summed E-state index contributed by atoms with van der Waals surface area (Å²) in [5.74, 6) is -1.14. The van der Waals surface area contributed by atoms with Crippen molar-refractivity contribution in [1.29, 1.82) is 0 Å². The monoisotopic (exact) mass is 573 g/mol. The molecule has 2 amide bonds. The van der Waals surface area contributed by atoms with E-state index in [1.165, 1.54) is 17.9 Å². The number of nitrogens with one attached hydrogen (secondary N) is 1. The van der Waals surface area contributed by atoms with Crippen molar-refractivity contribution >= 4 is 39.1 Å². The molecule has 1 atom stereocenters. The van der Waals surface area contributed by atoms with Crippen LogP contribution in [0.2, 0.25) is 5.02 Å². The minimum Gasteiger partial charge on any atom is -0.352 e. The molecule has 2 aromatic carbocycles. The summed E-state index contributed by atoms with van der Waals surface area (Å²) in [6.07, 6.45) is 0.846. The number of benzene rings is 2. The third-order valence-electron chi connectivity index (χ3n) is 6.50. The van der Waals surface area contributed by atoms with Gasteiger partial charge in [-0.15, -0.1) is 0 Å². The Balaban J connectivity index is 1.91. The number of halogens is 4. The molecular formula is C26H31ClF3N3O4S. The number of hydrogen-bond acceptors (Lipinski definition) is 4. The fourth-order valence-corrected chi connectivity index (χ4v) is 5.49. The van der Waals surface area contributed by atoms with E-state index in [-0.39, 0.29) is 18.3 Å². The maximum absolute atomic E-state index is 13.6. The predicted molar refractivity (Wildman–Crippen MR) is 140 cm³/mol. The van der Waals surface area contributed by atoms with E-state index >= 15 is 0 Å². The van der Waals surface area contributed by atoms with Gasteiger partial charge in [0.2, 0.25) is 21.8 Å². The quantitative estimate of drug-likeness (QED) is 0.458. The molecule has 1 N–H and O–H groups in total.